The molecule has 0 saturated carbocycles. The molecule has 128 valence electrons. The summed E-state index contributed by atoms with van der Waals surface area (Å²) in [5.41, 5.74) is 4.06. The highest BCUT2D eigenvalue weighted by Crippen LogP contribution is 2.29. The molecule has 3 rings (SSSR count). The third-order valence-electron chi connectivity index (χ3n) is 3.73. The van der Waals surface area contributed by atoms with Crippen molar-refractivity contribution in [1.82, 2.24) is 5.32 Å². The number of amides is 1. The van der Waals surface area contributed by atoms with Crippen LogP contribution in [0.2, 0.25) is 0 Å². The molecule has 0 bridgehead atoms. The summed E-state index contributed by atoms with van der Waals surface area (Å²) in [6.45, 7) is 6.63. The number of thioether (sulfide) groups is 1. The number of rotatable bonds is 4. The van der Waals surface area contributed by atoms with Gasteiger partial charge in [0, 0.05) is 0 Å². The van der Waals surface area contributed by atoms with Crippen molar-refractivity contribution in [3.63, 3.8) is 0 Å². The third-order valence-corrected chi connectivity index (χ3v) is 4.64. The Hall–Kier alpha value is -2.53. The van der Waals surface area contributed by atoms with Gasteiger partial charge in [0.15, 0.2) is 5.17 Å². The summed E-state index contributed by atoms with van der Waals surface area (Å²) < 4.78 is 5.43. The SMILES string of the molecule is CCOc1ccc(/C=C2\SC(=Nc3cc(C)ccc3C)NC2=O)cc1. The summed E-state index contributed by atoms with van der Waals surface area (Å²) in [7, 11) is 0. The Bertz CT molecular complexity index is 854. The molecule has 0 unspecified atom stereocenters. The first-order valence-electron chi connectivity index (χ1n) is 8.15. The van der Waals surface area contributed by atoms with Crippen LogP contribution >= 0.6 is 11.8 Å². The van der Waals surface area contributed by atoms with Crippen LogP contribution in [0.5, 0.6) is 5.75 Å². The topological polar surface area (TPSA) is 50.7 Å². The first-order valence-corrected chi connectivity index (χ1v) is 8.96. The minimum atomic E-state index is -0.122. The number of amidine groups is 1. The van der Waals surface area contributed by atoms with Crippen molar-refractivity contribution in [3.8, 4) is 5.75 Å². The highest BCUT2D eigenvalue weighted by molar-refractivity contribution is 8.18. The summed E-state index contributed by atoms with van der Waals surface area (Å²) in [6, 6.07) is 13.8. The number of nitrogens with zero attached hydrogens (tertiary/aromatic N) is 1. The molecule has 0 aliphatic carbocycles. The molecular weight excluding hydrogens is 332 g/mol. The zero-order chi connectivity index (χ0) is 17.8. The van der Waals surface area contributed by atoms with Gasteiger partial charge in [-0.25, -0.2) is 4.99 Å². The van der Waals surface area contributed by atoms with Gasteiger partial charge >= 0.3 is 0 Å². The summed E-state index contributed by atoms with van der Waals surface area (Å²) in [4.78, 5) is 17.4. The summed E-state index contributed by atoms with van der Waals surface area (Å²) >= 11 is 1.36. The Morgan fingerprint density at radius 1 is 1.16 bits per heavy atom. The number of carbonyl (C=O) groups excluding carboxylic acids is 1. The molecule has 25 heavy (non-hydrogen) atoms. The Kier molecular flexibility index (Phi) is 5.24. The summed E-state index contributed by atoms with van der Waals surface area (Å²) in [5, 5.41) is 3.44. The van der Waals surface area contributed by atoms with Crippen molar-refractivity contribution < 1.29 is 9.53 Å². The summed E-state index contributed by atoms with van der Waals surface area (Å²) in [5.74, 6) is 0.702. The van der Waals surface area contributed by atoms with E-state index in [4.69, 9.17) is 4.74 Å². The summed E-state index contributed by atoms with van der Waals surface area (Å²) in [6.07, 6.45) is 1.86. The average molecular weight is 352 g/mol. The Morgan fingerprint density at radius 3 is 2.64 bits per heavy atom. The van der Waals surface area contributed by atoms with Gasteiger partial charge in [0.25, 0.3) is 5.91 Å². The maximum absolute atomic E-state index is 12.2. The van der Waals surface area contributed by atoms with Crippen LogP contribution in [0.4, 0.5) is 5.69 Å². The number of aliphatic imine (C=N–C) groups is 1. The zero-order valence-electron chi connectivity index (χ0n) is 14.5. The Labute approximate surface area is 152 Å². The highest BCUT2D eigenvalue weighted by atomic mass is 32.2. The quantitative estimate of drug-likeness (QED) is 0.819. The van der Waals surface area contributed by atoms with Gasteiger partial charge in [-0.15, -0.1) is 0 Å². The van der Waals surface area contributed by atoms with Crippen LogP contribution in [0.25, 0.3) is 6.08 Å². The predicted molar refractivity (Wildman–Crippen MR) is 104 cm³/mol. The molecule has 1 N–H and O–H groups in total. The molecule has 0 spiro atoms. The lowest BCUT2D eigenvalue weighted by atomic mass is 10.1. The van der Waals surface area contributed by atoms with Gasteiger partial charge in [-0.3, -0.25) is 4.79 Å². The maximum Gasteiger partial charge on any atom is 0.264 e. The second-order valence-corrected chi connectivity index (χ2v) is 6.80. The van der Waals surface area contributed by atoms with E-state index in [1.54, 1.807) is 0 Å². The number of hydrogen-bond donors (Lipinski definition) is 1. The van der Waals surface area contributed by atoms with Crippen molar-refractivity contribution in [3.05, 3.63) is 64.1 Å². The molecule has 2 aromatic carbocycles. The fraction of sp³-hybridized carbons (Fsp3) is 0.200. The number of nitrogens with one attached hydrogen (secondary N) is 1. The molecule has 1 amide bonds. The lowest BCUT2D eigenvalue weighted by molar-refractivity contribution is -0.115. The van der Waals surface area contributed by atoms with Gasteiger partial charge in [0.05, 0.1) is 17.2 Å². The molecular formula is C20H20N2O2S. The third kappa shape index (κ3) is 4.31. The smallest absolute Gasteiger partial charge is 0.264 e. The minimum Gasteiger partial charge on any atom is -0.494 e. The number of ether oxygens (including phenoxy) is 1. The first-order chi connectivity index (χ1) is 12.0. The number of hydrogen-bond acceptors (Lipinski definition) is 4. The molecule has 0 aromatic heterocycles. The molecule has 5 heteroatoms. The monoisotopic (exact) mass is 352 g/mol. The van der Waals surface area contributed by atoms with Crippen LogP contribution in [-0.2, 0) is 4.79 Å². The zero-order valence-corrected chi connectivity index (χ0v) is 15.3. The van der Waals surface area contributed by atoms with E-state index < -0.39 is 0 Å². The lowest BCUT2D eigenvalue weighted by Gasteiger charge is -2.02. The Balaban J connectivity index is 1.80. The van der Waals surface area contributed by atoms with Crippen molar-refractivity contribution in [2.75, 3.05) is 6.61 Å². The molecule has 0 radical (unpaired) electrons. The van der Waals surface area contributed by atoms with E-state index in [9.17, 15) is 4.79 Å². The van der Waals surface area contributed by atoms with Crippen LogP contribution < -0.4 is 10.1 Å². The standard InChI is InChI=1S/C20H20N2O2S/c1-4-24-16-9-7-15(8-10-16)12-18-19(23)22-20(25-18)21-17-11-13(2)5-6-14(17)3/h5-12H,4H2,1-3H3,(H,21,22,23)/b18-12-. The van der Waals surface area contributed by atoms with Crippen LogP contribution in [-0.4, -0.2) is 17.7 Å². The van der Waals surface area contributed by atoms with Crippen LogP contribution in [0.1, 0.15) is 23.6 Å². The first kappa shape index (κ1) is 17.3. The normalized spacial score (nSPS) is 17.2. The minimum absolute atomic E-state index is 0.122. The predicted octanol–water partition coefficient (Wildman–Crippen LogP) is 4.59. The molecule has 4 nitrogen and oxygen atoms in total. The van der Waals surface area contributed by atoms with Gasteiger partial charge in [0.2, 0.25) is 0 Å². The van der Waals surface area contributed by atoms with Crippen molar-refractivity contribution in [2.24, 2.45) is 4.99 Å². The van der Waals surface area contributed by atoms with E-state index >= 15 is 0 Å². The largest absolute Gasteiger partial charge is 0.494 e. The van der Waals surface area contributed by atoms with E-state index in [2.05, 4.69) is 16.4 Å². The van der Waals surface area contributed by atoms with Crippen LogP contribution in [0.3, 0.4) is 0 Å². The maximum atomic E-state index is 12.2. The van der Waals surface area contributed by atoms with Gasteiger partial charge < -0.3 is 10.1 Å². The van der Waals surface area contributed by atoms with Crippen molar-refractivity contribution in [1.29, 1.82) is 0 Å². The van der Waals surface area contributed by atoms with E-state index in [-0.39, 0.29) is 5.91 Å². The van der Waals surface area contributed by atoms with Gasteiger partial charge in [-0.2, -0.15) is 0 Å². The second-order valence-electron chi connectivity index (χ2n) is 5.77. The molecule has 1 aliphatic heterocycles. The van der Waals surface area contributed by atoms with E-state index in [0.29, 0.717) is 16.7 Å². The molecule has 1 saturated heterocycles. The Morgan fingerprint density at radius 2 is 1.92 bits per heavy atom. The average Bonchev–Trinajstić information content (AvgIpc) is 2.92. The lowest BCUT2D eigenvalue weighted by Crippen LogP contribution is -2.19. The van der Waals surface area contributed by atoms with E-state index in [1.165, 1.54) is 11.8 Å². The van der Waals surface area contributed by atoms with Crippen molar-refractivity contribution in [2.45, 2.75) is 20.8 Å². The molecule has 2 aromatic rings. The van der Waals surface area contributed by atoms with E-state index in [0.717, 1.165) is 28.1 Å². The second kappa shape index (κ2) is 7.57. The number of carbonyl (C=O) groups is 1. The molecule has 1 fully saturated rings. The van der Waals surface area contributed by atoms with Gasteiger partial charge in [-0.1, -0.05) is 24.3 Å². The number of aryl methyl sites for hydroxylation is 2. The molecule has 0 atom stereocenters. The fourth-order valence-electron chi connectivity index (χ4n) is 2.41. The number of benzene rings is 2. The molecule has 1 heterocycles. The van der Waals surface area contributed by atoms with Gasteiger partial charge in [-0.05, 0) is 73.5 Å². The van der Waals surface area contributed by atoms with E-state index in [1.807, 2.05) is 63.2 Å². The van der Waals surface area contributed by atoms with Crippen molar-refractivity contribution >= 4 is 34.6 Å². The fourth-order valence-corrected chi connectivity index (χ4v) is 3.24. The van der Waals surface area contributed by atoms with Crippen LogP contribution in [0, 0.1) is 13.8 Å². The van der Waals surface area contributed by atoms with Crippen LogP contribution in [0.15, 0.2) is 52.4 Å². The van der Waals surface area contributed by atoms with Gasteiger partial charge in [0.1, 0.15) is 5.75 Å². The molecule has 1 aliphatic rings. The highest BCUT2D eigenvalue weighted by Gasteiger charge is 2.23.